The molecule has 0 aliphatic heterocycles. The van der Waals surface area contributed by atoms with Crippen LogP contribution in [0.25, 0.3) is 0 Å². The molecule has 0 radical (unpaired) electrons. The highest BCUT2D eigenvalue weighted by Gasteiger charge is 2.41. The predicted octanol–water partition coefficient (Wildman–Crippen LogP) is 3.99. The molecule has 4 heteroatoms. The Labute approximate surface area is 115 Å². The summed E-state index contributed by atoms with van der Waals surface area (Å²) in [4.78, 5) is 14.6. The number of isocyanates is 1. The van der Waals surface area contributed by atoms with Crippen LogP contribution in [-0.2, 0) is 10.3 Å². The van der Waals surface area contributed by atoms with E-state index in [4.69, 9.17) is 0 Å². The van der Waals surface area contributed by atoms with Gasteiger partial charge in [-0.05, 0) is 58.8 Å². The molecule has 96 valence electrons. The maximum absolute atomic E-state index is 10.6. The lowest BCUT2D eigenvalue weighted by atomic mass is 9.71. The summed E-state index contributed by atoms with van der Waals surface area (Å²) in [6.07, 6.45) is 4.27. The molecule has 0 saturated heterocycles. The number of carbonyl (C=O) groups excluding carboxylic acids is 1. The first-order chi connectivity index (χ1) is 8.50. The van der Waals surface area contributed by atoms with E-state index >= 15 is 0 Å². The third kappa shape index (κ3) is 2.11. The normalized spacial score (nSPS) is 17.1. The number of hydrogen-bond donors (Lipinski definition) is 1. The van der Waals surface area contributed by atoms with Crippen molar-refractivity contribution in [1.82, 2.24) is 0 Å². The number of rotatable bonds is 3. The van der Waals surface area contributed by atoms with Crippen molar-refractivity contribution in [3.63, 3.8) is 0 Å². The zero-order valence-electron chi connectivity index (χ0n) is 10.5. The fraction of sp³-hybridized carbons (Fsp3) is 0.500. The van der Waals surface area contributed by atoms with Gasteiger partial charge in [-0.3, -0.25) is 0 Å². The van der Waals surface area contributed by atoms with Crippen LogP contribution in [0.5, 0.6) is 5.75 Å². The van der Waals surface area contributed by atoms with Crippen molar-refractivity contribution in [2.75, 3.05) is 0 Å². The van der Waals surface area contributed by atoms with Crippen LogP contribution >= 0.6 is 15.9 Å². The monoisotopic (exact) mass is 309 g/mol. The Morgan fingerprint density at radius 3 is 2.56 bits per heavy atom. The molecule has 1 aliphatic carbocycles. The van der Waals surface area contributed by atoms with Crippen molar-refractivity contribution in [3.8, 4) is 5.75 Å². The molecule has 0 heterocycles. The van der Waals surface area contributed by atoms with E-state index in [2.05, 4.69) is 34.8 Å². The van der Waals surface area contributed by atoms with Crippen molar-refractivity contribution >= 4 is 22.0 Å². The summed E-state index contributed by atoms with van der Waals surface area (Å²) in [5, 5.41) is 10.2. The molecule has 0 unspecified atom stereocenters. The van der Waals surface area contributed by atoms with E-state index in [-0.39, 0.29) is 5.75 Å². The SMILES string of the molecule is CC(C)c1cc(Br)c(O)c(C2(N=C=O)CCC2)c1. The Hall–Kier alpha value is -1.12. The molecule has 0 bridgehead atoms. The Bertz CT molecular complexity index is 515. The fourth-order valence-electron chi connectivity index (χ4n) is 2.35. The van der Waals surface area contributed by atoms with Crippen molar-refractivity contribution in [3.05, 3.63) is 27.7 Å². The molecule has 3 nitrogen and oxygen atoms in total. The molecule has 1 N–H and O–H groups in total. The lowest BCUT2D eigenvalue weighted by molar-refractivity contribution is 0.247. The van der Waals surface area contributed by atoms with Gasteiger partial charge in [-0.1, -0.05) is 13.8 Å². The van der Waals surface area contributed by atoms with E-state index < -0.39 is 5.54 Å². The molecule has 1 aromatic carbocycles. The van der Waals surface area contributed by atoms with Gasteiger partial charge in [0.15, 0.2) is 0 Å². The van der Waals surface area contributed by atoms with Crippen LogP contribution in [0.4, 0.5) is 0 Å². The van der Waals surface area contributed by atoms with Gasteiger partial charge in [0.05, 0.1) is 4.47 Å². The van der Waals surface area contributed by atoms with Crippen LogP contribution in [0.2, 0.25) is 0 Å². The van der Waals surface area contributed by atoms with E-state index in [0.29, 0.717) is 10.4 Å². The minimum Gasteiger partial charge on any atom is -0.506 e. The summed E-state index contributed by atoms with van der Waals surface area (Å²) in [6.45, 7) is 4.19. The highest BCUT2D eigenvalue weighted by Crippen LogP contribution is 2.50. The molecule has 1 saturated carbocycles. The van der Waals surface area contributed by atoms with Crippen LogP contribution in [0.3, 0.4) is 0 Å². The first-order valence-electron chi connectivity index (χ1n) is 6.12. The zero-order valence-corrected chi connectivity index (χ0v) is 12.1. The van der Waals surface area contributed by atoms with Gasteiger partial charge in [-0.2, -0.15) is 4.99 Å². The predicted molar refractivity (Wildman–Crippen MR) is 73.5 cm³/mol. The molecule has 0 amide bonds. The molecule has 1 aliphatic rings. The average Bonchev–Trinajstić information content (AvgIpc) is 2.27. The topological polar surface area (TPSA) is 49.7 Å². The summed E-state index contributed by atoms with van der Waals surface area (Å²) >= 11 is 3.37. The highest BCUT2D eigenvalue weighted by atomic mass is 79.9. The third-order valence-electron chi connectivity index (χ3n) is 3.69. The second kappa shape index (κ2) is 4.87. The van der Waals surface area contributed by atoms with E-state index in [0.717, 1.165) is 30.4 Å². The highest BCUT2D eigenvalue weighted by molar-refractivity contribution is 9.10. The first-order valence-corrected chi connectivity index (χ1v) is 6.91. The summed E-state index contributed by atoms with van der Waals surface area (Å²) in [6, 6.07) is 3.88. The van der Waals surface area contributed by atoms with Gasteiger partial charge in [0.25, 0.3) is 0 Å². The van der Waals surface area contributed by atoms with Gasteiger partial charge in [0.2, 0.25) is 6.08 Å². The van der Waals surface area contributed by atoms with Crippen molar-refractivity contribution in [2.45, 2.75) is 44.6 Å². The third-order valence-corrected chi connectivity index (χ3v) is 4.30. The quantitative estimate of drug-likeness (QED) is 0.678. The number of hydrogen-bond acceptors (Lipinski definition) is 3. The Morgan fingerprint density at radius 2 is 2.11 bits per heavy atom. The van der Waals surface area contributed by atoms with Gasteiger partial charge >= 0.3 is 0 Å². The largest absolute Gasteiger partial charge is 0.506 e. The van der Waals surface area contributed by atoms with Crippen LogP contribution in [0.15, 0.2) is 21.6 Å². The summed E-state index contributed by atoms with van der Waals surface area (Å²) in [7, 11) is 0. The lowest BCUT2D eigenvalue weighted by Crippen LogP contribution is -2.32. The van der Waals surface area contributed by atoms with E-state index in [1.807, 2.05) is 12.1 Å². The molecule has 1 fully saturated rings. The smallest absolute Gasteiger partial charge is 0.235 e. The Morgan fingerprint density at radius 1 is 1.44 bits per heavy atom. The van der Waals surface area contributed by atoms with Crippen LogP contribution < -0.4 is 0 Å². The molecule has 1 aromatic rings. The molecule has 0 spiro atoms. The molecule has 2 rings (SSSR count). The van der Waals surface area contributed by atoms with E-state index in [1.54, 1.807) is 6.08 Å². The Balaban J connectivity index is 2.58. The minimum absolute atomic E-state index is 0.193. The van der Waals surface area contributed by atoms with Crippen LogP contribution in [0.1, 0.15) is 50.2 Å². The van der Waals surface area contributed by atoms with Gasteiger partial charge in [-0.25, -0.2) is 4.79 Å². The molecule has 18 heavy (non-hydrogen) atoms. The standard InChI is InChI=1S/C14H16BrNO2/c1-9(2)10-6-11(13(18)12(15)7-10)14(16-8-17)4-3-5-14/h6-7,9,18H,3-5H2,1-2H3. The van der Waals surface area contributed by atoms with Crippen molar-refractivity contribution < 1.29 is 9.90 Å². The summed E-state index contributed by atoms with van der Waals surface area (Å²) < 4.78 is 0.663. The van der Waals surface area contributed by atoms with Gasteiger partial charge < -0.3 is 5.11 Å². The number of phenols is 1. The number of aliphatic imine (C=N–C) groups is 1. The molecular formula is C14H16BrNO2. The summed E-state index contributed by atoms with van der Waals surface area (Å²) in [5.74, 6) is 0.552. The number of halogens is 1. The maximum Gasteiger partial charge on any atom is 0.235 e. The number of aromatic hydroxyl groups is 1. The molecule has 0 aromatic heterocycles. The second-order valence-corrected chi connectivity index (χ2v) is 6.00. The van der Waals surface area contributed by atoms with Crippen LogP contribution in [0, 0.1) is 0 Å². The minimum atomic E-state index is -0.556. The van der Waals surface area contributed by atoms with Gasteiger partial charge in [0.1, 0.15) is 11.3 Å². The number of phenolic OH excluding ortho intramolecular Hbond substituents is 1. The van der Waals surface area contributed by atoms with E-state index in [1.165, 1.54) is 0 Å². The van der Waals surface area contributed by atoms with E-state index in [9.17, 15) is 9.90 Å². The van der Waals surface area contributed by atoms with Crippen LogP contribution in [-0.4, -0.2) is 11.2 Å². The number of benzene rings is 1. The molecular weight excluding hydrogens is 294 g/mol. The maximum atomic E-state index is 10.6. The Kier molecular flexibility index (Phi) is 3.60. The van der Waals surface area contributed by atoms with Gasteiger partial charge in [-0.15, -0.1) is 0 Å². The van der Waals surface area contributed by atoms with Crippen molar-refractivity contribution in [1.29, 1.82) is 0 Å². The first kappa shape index (κ1) is 13.3. The zero-order chi connectivity index (χ0) is 13.3. The van der Waals surface area contributed by atoms with Gasteiger partial charge in [0, 0.05) is 5.56 Å². The average molecular weight is 310 g/mol. The number of nitrogens with zero attached hydrogens (tertiary/aromatic N) is 1. The fourth-order valence-corrected chi connectivity index (χ4v) is 2.83. The summed E-state index contributed by atoms with van der Waals surface area (Å²) in [5.41, 5.74) is 1.32. The van der Waals surface area contributed by atoms with Crippen molar-refractivity contribution in [2.24, 2.45) is 4.99 Å². The second-order valence-electron chi connectivity index (χ2n) is 5.14. The lowest BCUT2D eigenvalue weighted by Gasteiger charge is -2.38. The molecule has 0 atom stereocenters.